The highest BCUT2D eigenvalue weighted by Gasteiger charge is 2.36. The number of nitrogens with zero attached hydrogens (tertiary/aromatic N) is 2. The molecular weight excluding hydrogens is 364 g/mol. The standard InChI is InChI=1S/C20H28N2O4S/c1-21(18-11-14-27(25,26)15-18)20(24)17-9-12-22(13-10-17)19(23)8-7-16-5-3-2-4-6-16/h2-6,17-18H,7-15H2,1H3. The molecule has 1 atom stereocenters. The van der Waals surface area contributed by atoms with Crippen LogP contribution in [0.1, 0.15) is 31.2 Å². The van der Waals surface area contributed by atoms with Crippen LogP contribution in [0.5, 0.6) is 0 Å². The fraction of sp³-hybridized carbons (Fsp3) is 0.600. The second-order valence-corrected chi connectivity index (χ2v) is 9.88. The van der Waals surface area contributed by atoms with Crippen molar-refractivity contribution in [1.82, 2.24) is 9.80 Å². The number of piperidine rings is 1. The Hall–Kier alpha value is -1.89. The molecular formula is C20H28N2O4S. The first-order chi connectivity index (χ1) is 12.9. The van der Waals surface area contributed by atoms with Crippen LogP contribution in [-0.4, -0.2) is 67.7 Å². The SMILES string of the molecule is CN(C(=O)C1CCN(C(=O)CCc2ccccc2)CC1)C1CCS(=O)(=O)C1. The van der Waals surface area contributed by atoms with E-state index in [1.165, 1.54) is 0 Å². The van der Waals surface area contributed by atoms with Crippen LogP contribution < -0.4 is 0 Å². The topological polar surface area (TPSA) is 74.8 Å². The van der Waals surface area contributed by atoms with Gasteiger partial charge < -0.3 is 9.80 Å². The molecule has 0 spiro atoms. The quantitative estimate of drug-likeness (QED) is 0.761. The molecule has 0 radical (unpaired) electrons. The molecule has 0 aliphatic carbocycles. The van der Waals surface area contributed by atoms with E-state index in [1.54, 1.807) is 11.9 Å². The Labute approximate surface area is 161 Å². The monoisotopic (exact) mass is 392 g/mol. The van der Waals surface area contributed by atoms with Gasteiger partial charge in [-0.3, -0.25) is 9.59 Å². The molecule has 0 bridgehead atoms. The third-order valence-electron chi connectivity index (χ3n) is 5.77. The Kier molecular flexibility index (Phi) is 6.19. The van der Waals surface area contributed by atoms with Crippen LogP contribution in [-0.2, 0) is 25.8 Å². The Morgan fingerprint density at radius 1 is 1.11 bits per heavy atom. The van der Waals surface area contributed by atoms with Gasteiger partial charge in [-0.1, -0.05) is 30.3 Å². The zero-order valence-corrected chi connectivity index (χ0v) is 16.7. The molecule has 2 amide bonds. The first kappa shape index (κ1) is 19.9. The van der Waals surface area contributed by atoms with Crippen molar-refractivity contribution in [1.29, 1.82) is 0 Å². The van der Waals surface area contributed by atoms with E-state index in [2.05, 4.69) is 0 Å². The molecule has 0 saturated carbocycles. The van der Waals surface area contributed by atoms with Crippen LogP contribution in [0.25, 0.3) is 0 Å². The highest BCUT2D eigenvalue weighted by atomic mass is 32.2. The van der Waals surface area contributed by atoms with Crippen LogP contribution in [0.4, 0.5) is 0 Å². The van der Waals surface area contributed by atoms with Gasteiger partial charge in [0.15, 0.2) is 9.84 Å². The molecule has 2 aliphatic rings. The molecule has 7 heteroatoms. The van der Waals surface area contributed by atoms with Crippen LogP contribution in [0.3, 0.4) is 0 Å². The highest BCUT2D eigenvalue weighted by Crippen LogP contribution is 2.24. The van der Waals surface area contributed by atoms with E-state index in [-0.39, 0.29) is 35.3 Å². The van der Waals surface area contributed by atoms with Crippen molar-refractivity contribution in [3.8, 4) is 0 Å². The summed E-state index contributed by atoms with van der Waals surface area (Å²) < 4.78 is 23.3. The molecule has 0 N–H and O–H groups in total. The van der Waals surface area contributed by atoms with E-state index in [9.17, 15) is 18.0 Å². The smallest absolute Gasteiger partial charge is 0.225 e. The maximum absolute atomic E-state index is 12.7. The molecule has 1 aromatic carbocycles. The van der Waals surface area contributed by atoms with Crippen molar-refractivity contribution in [3.63, 3.8) is 0 Å². The number of aryl methyl sites for hydroxylation is 1. The van der Waals surface area contributed by atoms with Crippen molar-refractivity contribution in [3.05, 3.63) is 35.9 Å². The van der Waals surface area contributed by atoms with Crippen molar-refractivity contribution in [2.24, 2.45) is 5.92 Å². The minimum absolute atomic E-state index is 0.0217. The Bertz CT molecular complexity index is 770. The van der Waals surface area contributed by atoms with Gasteiger partial charge in [0.25, 0.3) is 0 Å². The maximum atomic E-state index is 12.7. The number of benzene rings is 1. The fourth-order valence-corrected chi connectivity index (χ4v) is 5.75. The summed E-state index contributed by atoms with van der Waals surface area (Å²) in [4.78, 5) is 28.6. The molecule has 0 aromatic heterocycles. The summed E-state index contributed by atoms with van der Waals surface area (Å²) in [7, 11) is -1.29. The second kappa shape index (κ2) is 8.42. The second-order valence-electron chi connectivity index (χ2n) is 7.65. The Balaban J connectivity index is 1.45. The van der Waals surface area contributed by atoms with Crippen molar-refractivity contribution in [2.75, 3.05) is 31.6 Å². The van der Waals surface area contributed by atoms with Gasteiger partial charge in [-0.2, -0.15) is 0 Å². The van der Waals surface area contributed by atoms with Crippen LogP contribution in [0.15, 0.2) is 30.3 Å². The van der Waals surface area contributed by atoms with Gasteiger partial charge in [-0.15, -0.1) is 0 Å². The predicted octanol–water partition coefficient (Wildman–Crippen LogP) is 1.50. The van der Waals surface area contributed by atoms with Gasteiger partial charge in [0.2, 0.25) is 11.8 Å². The van der Waals surface area contributed by atoms with Crippen molar-refractivity contribution >= 4 is 21.7 Å². The number of likely N-dealkylation sites (tertiary alicyclic amines) is 1. The molecule has 148 valence electrons. The zero-order valence-electron chi connectivity index (χ0n) is 15.8. The third kappa shape index (κ3) is 5.09. The van der Waals surface area contributed by atoms with E-state index >= 15 is 0 Å². The molecule has 1 aromatic rings. The summed E-state index contributed by atoms with van der Waals surface area (Å²) in [6.45, 7) is 1.20. The average Bonchev–Trinajstić information content (AvgIpc) is 3.05. The van der Waals surface area contributed by atoms with Gasteiger partial charge in [0.05, 0.1) is 11.5 Å². The summed E-state index contributed by atoms with van der Waals surface area (Å²) >= 11 is 0. The minimum Gasteiger partial charge on any atom is -0.343 e. The van der Waals surface area contributed by atoms with Crippen LogP contribution >= 0.6 is 0 Å². The largest absolute Gasteiger partial charge is 0.343 e. The Morgan fingerprint density at radius 3 is 2.37 bits per heavy atom. The molecule has 2 heterocycles. The molecule has 2 saturated heterocycles. The summed E-state index contributed by atoms with van der Waals surface area (Å²) in [5.74, 6) is 0.292. The zero-order chi connectivity index (χ0) is 19.4. The fourth-order valence-electron chi connectivity index (χ4n) is 3.98. The normalized spacial score (nSPS) is 22.6. The summed E-state index contributed by atoms with van der Waals surface area (Å²) in [6.07, 6.45) is 3.06. The molecule has 1 unspecified atom stereocenters. The van der Waals surface area contributed by atoms with E-state index in [4.69, 9.17) is 0 Å². The van der Waals surface area contributed by atoms with E-state index in [0.29, 0.717) is 38.8 Å². The van der Waals surface area contributed by atoms with Gasteiger partial charge >= 0.3 is 0 Å². The minimum atomic E-state index is -3.00. The highest BCUT2D eigenvalue weighted by molar-refractivity contribution is 7.91. The predicted molar refractivity (Wildman–Crippen MR) is 104 cm³/mol. The molecule has 2 aliphatic heterocycles. The lowest BCUT2D eigenvalue weighted by atomic mass is 9.94. The summed E-state index contributed by atoms with van der Waals surface area (Å²) in [5.41, 5.74) is 1.16. The van der Waals surface area contributed by atoms with Crippen LogP contribution in [0, 0.1) is 5.92 Å². The first-order valence-corrected chi connectivity index (χ1v) is 11.5. The van der Waals surface area contributed by atoms with Crippen LogP contribution in [0.2, 0.25) is 0 Å². The van der Waals surface area contributed by atoms with E-state index < -0.39 is 9.84 Å². The lowest BCUT2D eigenvalue weighted by Gasteiger charge is -2.34. The number of carbonyl (C=O) groups excluding carboxylic acids is 2. The molecule has 3 rings (SSSR count). The van der Waals surface area contributed by atoms with Gasteiger partial charge in [-0.25, -0.2) is 8.42 Å². The number of hydrogen-bond donors (Lipinski definition) is 0. The molecule has 27 heavy (non-hydrogen) atoms. The summed E-state index contributed by atoms with van der Waals surface area (Å²) in [5, 5.41) is 0. The number of amides is 2. The van der Waals surface area contributed by atoms with Crippen molar-refractivity contribution < 1.29 is 18.0 Å². The lowest BCUT2D eigenvalue weighted by Crippen LogP contribution is -2.46. The van der Waals surface area contributed by atoms with E-state index in [1.807, 2.05) is 35.2 Å². The molecule has 6 nitrogen and oxygen atoms in total. The van der Waals surface area contributed by atoms with Gasteiger partial charge in [-0.05, 0) is 31.2 Å². The number of carbonyl (C=O) groups is 2. The summed E-state index contributed by atoms with van der Waals surface area (Å²) in [6, 6.07) is 9.76. The number of sulfone groups is 1. The third-order valence-corrected chi connectivity index (χ3v) is 7.52. The average molecular weight is 393 g/mol. The van der Waals surface area contributed by atoms with Gasteiger partial charge in [0.1, 0.15) is 0 Å². The molecule has 2 fully saturated rings. The first-order valence-electron chi connectivity index (χ1n) is 9.64. The number of rotatable bonds is 5. The number of hydrogen-bond acceptors (Lipinski definition) is 4. The lowest BCUT2D eigenvalue weighted by molar-refractivity contribution is -0.141. The maximum Gasteiger partial charge on any atom is 0.225 e. The Morgan fingerprint density at radius 2 is 1.78 bits per heavy atom. The van der Waals surface area contributed by atoms with Gasteiger partial charge in [0, 0.05) is 38.5 Å². The van der Waals surface area contributed by atoms with E-state index in [0.717, 1.165) is 12.0 Å². The van der Waals surface area contributed by atoms with Crippen molar-refractivity contribution in [2.45, 2.75) is 38.1 Å².